The maximum absolute atomic E-state index is 12.1. The van der Waals surface area contributed by atoms with Crippen molar-refractivity contribution in [2.75, 3.05) is 11.1 Å². The van der Waals surface area contributed by atoms with E-state index in [1.807, 2.05) is 54.0 Å². The van der Waals surface area contributed by atoms with E-state index < -0.39 is 0 Å². The lowest BCUT2D eigenvalue weighted by molar-refractivity contribution is -0.118. The highest BCUT2D eigenvalue weighted by Crippen LogP contribution is 2.19. The van der Waals surface area contributed by atoms with Gasteiger partial charge in [0.2, 0.25) is 0 Å². The van der Waals surface area contributed by atoms with Gasteiger partial charge in [0.05, 0.1) is 24.2 Å². The molecule has 10 heteroatoms. The summed E-state index contributed by atoms with van der Waals surface area (Å²) < 4.78 is 1.91. The lowest BCUT2D eigenvalue weighted by atomic mass is 10.3. The number of halogens is 1. The fourth-order valence-electron chi connectivity index (χ4n) is 2.59. The Morgan fingerprint density at radius 1 is 1.26 bits per heavy atom. The number of aromatic nitrogens is 4. The van der Waals surface area contributed by atoms with E-state index in [0.717, 1.165) is 17.2 Å². The summed E-state index contributed by atoms with van der Waals surface area (Å²) in [6.07, 6.45) is 3.27. The molecule has 2 aromatic heterocycles. The van der Waals surface area contributed by atoms with E-state index in [0.29, 0.717) is 29.0 Å². The number of allylic oxidation sites excluding steroid dienone is 1. The Kier molecular flexibility index (Phi) is 8.19. The Bertz CT molecular complexity index is 1070. The number of nitrogens with one attached hydrogen (secondary N) is 2. The number of hydrogen-bond donors (Lipinski definition) is 2. The van der Waals surface area contributed by atoms with Crippen molar-refractivity contribution in [2.24, 2.45) is 5.10 Å². The van der Waals surface area contributed by atoms with Crippen LogP contribution in [0.15, 0.2) is 65.4 Å². The maximum Gasteiger partial charge on any atom is 0.250 e. The molecule has 0 radical (unpaired) electrons. The van der Waals surface area contributed by atoms with Crippen LogP contribution in [0.4, 0.5) is 5.69 Å². The molecule has 2 heterocycles. The average molecular weight is 456 g/mol. The number of carbonyl (C=O) groups excluding carboxylic acids is 1. The summed E-state index contributed by atoms with van der Waals surface area (Å²) in [7, 11) is 0. The second-order valence-electron chi connectivity index (χ2n) is 6.44. The van der Waals surface area contributed by atoms with Gasteiger partial charge < -0.3 is 9.88 Å². The van der Waals surface area contributed by atoms with Crippen LogP contribution in [0.5, 0.6) is 0 Å². The zero-order valence-electron chi connectivity index (χ0n) is 17.0. The molecule has 0 aliphatic rings. The first kappa shape index (κ1) is 22.5. The van der Waals surface area contributed by atoms with Gasteiger partial charge in [-0.2, -0.15) is 5.10 Å². The van der Waals surface area contributed by atoms with Crippen LogP contribution in [-0.2, 0) is 17.9 Å². The lowest BCUT2D eigenvalue weighted by Gasteiger charge is -2.09. The first-order valence-electron chi connectivity index (χ1n) is 9.46. The number of nitrogens with zero attached hydrogens (tertiary/aromatic N) is 5. The molecule has 0 spiro atoms. The van der Waals surface area contributed by atoms with Crippen LogP contribution in [0.25, 0.3) is 0 Å². The van der Waals surface area contributed by atoms with Crippen molar-refractivity contribution in [3.05, 3.63) is 77.4 Å². The molecule has 0 unspecified atom stereocenters. The third-order valence-electron chi connectivity index (χ3n) is 4.03. The largest absolute Gasteiger partial charge is 0.378 e. The summed E-state index contributed by atoms with van der Waals surface area (Å²) in [4.78, 5) is 16.4. The van der Waals surface area contributed by atoms with E-state index in [2.05, 4.69) is 37.6 Å². The molecule has 160 valence electrons. The highest BCUT2D eigenvalue weighted by atomic mass is 35.5. The Balaban J connectivity index is 1.54. The fraction of sp³-hybridized carbons (Fsp3) is 0.190. The molecular formula is C21H22ClN7OS. The minimum absolute atomic E-state index is 0.151. The number of hydrazone groups is 1. The fourth-order valence-corrected chi connectivity index (χ4v) is 3.47. The van der Waals surface area contributed by atoms with E-state index in [9.17, 15) is 4.79 Å². The van der Waals surface area contributed by atoms with Gasteiger partial charge in [-0.3, -0.25) is 9.78 Å². The van der Waals surface area contributed by atoms with Gasteiger partial charge in [-0.25, -0.2) is 5.43 Å². The van der Waals surface area contributed by atoms with Gasteiger partial charge >= 0.3 is 0 Å². The van der Waals surface area contributed by atoms with Crippen LogP contribution >= 0.6 is 23.4 Å². The molecule has 0 atom stereocenters. The van der Waals surface area contributed by atoms with Crippen molar-refractivity contribution < 1.29 is 4.79 Å². The van der Waals surface area contributed by atoms with Crippen molar-refractivity contribution in [3.63, 3.8) is 0 Å². The minimum Gasteiger partial charge on any atom is -0.378 e. The summed E-state index contributed by atoms with van der Waals surface area (Å²) in [6.45, 7) is 6.69. The molecule has 3 rings (SSSR count). The van der Waals surface area contributed by atoms with Gasteiger partial charge in [0, 0.05) is 22.9 Å². The quantitative estimate of drug-likeness (QED) is 0.209. The Morgan fingerprint density at radius 3 is 2.81 bits per heavy atom. The number of anilines is 1. The van der Waals surface area contributed by atoms with Crippen LogP contribution in [0.3, 0.4) is 0 Å². The summed E-state index contributed by atoms with van der Waals surface area (Å²) in [6, 6.07) is 13.0. The molecule has 0 aliphatic carbocycles. The second-order valence-corrected chi connectivity index (χ2v) is 7.82. The zero-order chi connectivity index (χ0) is 22.1. The number of hydrogen-bond acceptors (Lipinski definition) is 7. The molecule has 3 aromatic rings. The van der Waals surface area contributed by atoms with Gasteiger partial charge in [0.25, 0.3) is 5.91 Å². The molecule has 1 amide bonds. The van der Waals surface area contributed by atoms with Gasteiger partial charge in [-0.05, 0) is 43.3 Å². The van der Waals surface area contributed by atoms with Crippen LogP contribution in [0.1, 0.15) is 17.2 Å². The Labute approximate surface area is 189 Å². The van der Waals surface area contributed by atoms with Crippen LogP contribution in [-0.4, -0.2) is 37.6 Å². The van der Waals surface area contributed by atoms with Crippen LogP contribution < -0.4 is 10.7 Å². The summed E-state index contributed by atoms with van der Waals surface area (Å²) in [5.74, 6) is 0.641. The van der Waals surface area contributed by atoms with Gasteiger partial charge in [0.1, 0.15) is 0 Å². The van der Waals surface area contributed by atoms with E-state index in [-0.39, 0.29) is 11.7 Å². The molecule has 8 nitrogen and oxygen atoms in total. The molecule has 0 fully saturated rings. The number of thioether (sulfide) groups is 1. The SMILES string of the molecule is C=CCn1c(CNc2ccc(Cl)cc2)nnc1SCC(=O)N/N=C\c1cccc(C)n1. The second kappa shape index (κ2) is 11.3. The Morgan fingerprint density at radius 2 is 2.06 bits per heavy atom. The summed E-state index contributed by atoms with van der Waals surface area (Å²) >= 11 is 7.20. The molecule has 0 aliphatic heterocycles. The molecule has 31 heavy (non-hydrogen) atoms. The smallest absolute Gasteiger partial charge is 0.250 e. The third kappa shape index (κ3) is 6.94. The topological polar surface area (TPSA) is 97.1 Å². The normalized spacial score (nSPS) is 10.9. The van der Waals surface area contributed by atoms with Crippen molar-refractivity contribution >= 4 is 41.2 Å². The summed E-state index contributed by atoms with van der Waals surface area (Å²) in [5, 5.41) is 17.0. The minimum atomic E-state index is -0.247. The molecule has 1 aromatic carbocycles. The molecule has 0 bridgehead atoms. The predicted molar refractivity (Wildman–Crippen MR) is 124 cm³/mol. The van der Waals surface area contributed by atoms with Crippen molar-refractivity contribution in [1.29, 1.82) is 0 Å². The van der Waals surface area contributed by atoms with Crippen LogP contribution in [0.2, 0.25) is 5.02 Å². The monoisotopic (exact) mass is 455 g/mol. The van der Waals surface area contributed by atoms with Crippen molar-refractivity contribution in [2.45, 2.75) is 25.2 Å². The standard InChI is InChI=1S/C21H22ClN7OS/c1-3-11-29-19(13-23-17-9-7-16(22)8-10-17)26-28-21(29)31-14-20(30)27-24-12-18-6-4-5-15(2)25-18/h3-10,12,23H,1,11,13-14H2,2H3,(H,27,30)/b24-12-. The lowest BCUT2D eigenvalue weighted by Crippen LogP contribution is -2.20. The predicted octanol–water partition coefficient (Wildman–Crippen LogP) is 3.68. The average Bonchev–Trinajstić information content (AvgIpc) is 3.14. The molecule has 2 N–H and O–H groups in total. The number of pyridine rings is 1. The van der Waals surface area contributed by atoms with Crippen molar-refractivity contribution in [3.8, 4) is 0 Å². The first-order valence-corrected chi connectivity index (χ1v) is 10.8. The van der Waals surface area contributed by atoms with E-state index in [1.54, 1.807) is 6.08 Å². The van der Waals surface area contributed by atoms with Crippen molar-refractivity contribution in [1.82, 2.24) is 25.2 Å². The molecule has 0 saturated carbocycles. The van der Waals surface area contributed by atoms with E-state index in [1.165, 1.54) is 18.0 Å². The highest BCUT2D eigenvalue weighted by molar-refractivity contribution is 7.99. The molecule has 0 saturated heterocycles. The van der Waals surface area contributed by atoms with Gasteiger partial charge in [0.15, 0.2) is 11.0 Å². The summed E-state index contributed by atoms with van der Waals surface area (Å²) in [5.41, 5.74) is 4.98. The number of carbonyl (C=O) groups is 1. The third-order valence-corrected chi connectivity index (χ3v) is 5.25. The zero-order valence-corrected chi connectivity index (χ0v) is 18.5. The van der Waals surface area contributed by atoms with E-state index in [4.69, 9.17) is 11.6 Å². The van der Waals surface area contributed by atoms with Gasteiger partial charge in [-0.15, -0.1) is 16.8 Å². The molecular weight excluding hydrogens is 434 g/mol. The number of aryl methyl sites for hydroxylation is 1. The highest BCUT2D eigenvalue weighted by Gasteiger charge is 2.13. The number of rotatable bonds is 10. The Hall–Kier alpha value is -3.17. The number of benzene rings is 1. The van der Waals surface area contributed by atoms with E-state index >= 15 is 0 Å². The van der Waals surface area contributed by atoms with Gasteiger partial charge in [-0.1, -0.05) is 35.5 Å². The first-order chi connectivity index (χ1) is 15.0. The number of amides is 1. The van der Waals surface area contributed by atoms with Crippen LogP contribution in [0, 0.1) is 6.92 Å². The maximum atomic E-state index is 12.1.